The Kier molecular flexibility index (Phi) is 3.98. The van der Waals surface area contributed by atoms with Gasteiger partial charge in [0.2, 0.25) is 0 Å². The number of carbonyl (C=O) groups is 1. The van der Waals surface area contributed by atoms with Crippen LogP contribution in [0.15, 0.2) is 12.1 Å². The van der Waals surface area contributed by atoms with Gasteiger partial charge in [-0.2, -0.15) is 0 Å². The molecule has 0 aromatic heterocycles. The number of halogens is 1. The molecule has 5 fully saturated rings. The molecule has 1 aromatic carbocycles. The van der Waals surface area contributed by atoms with Crippen LogP contribution in [0.5, 0.6) is 11.5 Å². The molecule has 5 unspecified atom stereocenters. The predicted molar refractivity (Wildman–Crippen MR) is 110 cm³/mol. The standard InChI is InChI=1S/C23H28FNO3S/c1-27-19-6-17(21(26)25-29-16-2-3-16)18(24)7-20(19)28-12-22-8-13-4-14-5-15(10-22)23(14,9-13)11-22/h6-7,13-16H,2-5,8-12H2,1H3,(H,25,26). The lowest BCUT2D eigenvalue weighted by Gasteiger charge is -2.49. The molecule has 6 rings (SSSR count). The zero-order chi connectivity index (χ0) is 19.8. The van der Waals surface area contributed by atoms with Crippen LogP contribution in [-0.4, -0.2) is 24.9 Å². The van der Waals surface area contributed by atoms with Crippen molar-refractivity contribution >= 4 is 17.9 Å². The number of methoxy groups -OCH3 is 1. The molecule has 29 heavy (non-hydrogen) atoms. The fraction of sp³-hybridized carbons (Fsp3) is 0.696. The monoisotopic (exact) mass is 417 g/mol. The molecular formula is C23H28FNO3S. The van der Waals surface area contributed by atoms with Crippen molar-refractivity contribution in [1.29, 1.82) is 0 Å². The highest BCUT2D eigenvalue weighted by Gasteiger charge is 2.70. The van der Waals surface area contributed by atoms with Gasteiger partial charge in [-0.1, -0.05) is 0 Å². The second-order valence-corrected chi connectivity index (χ2v) is 11.4. The third kappa shape index (κ3) is 2.81. The minimum absolute atomic E-state index is 0.0110. The van der Waals surface area contributed by atoms with Gasteiger partial charge in [-0.05, 0) is 92.5 Å². The number of hydrogen-bond acceptors (Lipinski definition) is 4. The van der Waals surface area contributed by atoms with E-state index in [0.717, 1.165) is 30.6 Å². The second kappa shape index (κ2) is 6.29. The summed E-state index contributed by atoms with van der Waals surface area (Å²) in [6.07, 6.45) is 10.3. The van der Waals surface area contributed by atoms with E-state index in [-0.39, 0.29) is 11.0 Å². The van der Waals surface area contributed by atoms with E-state index in [2.05, 4.69) is 4.72 Å². The molecule has 4 nitrogen and oxygen atoms in total. The number of benzene rings is 1. The van der Waals surface area contributed by atoms with Gasteiger partial charge in [0.1, 0.15) is 5.82 Å². The maximum Gasteiger partial charge on any atom is 0.264 e. The van der Waals surface area contributed by atoms with E-state index in [4.69, 9.17) is 9.47 Å². The molecule has 0 radical (unpaired) electrons. The van der Waals surface area contributed by atoms with Gasteiger partial charge in [0.05, 0.1) is 19.3 Å². The summed E-state index contributed by atoms with van der Waals surface area (Å²) in [6, 6.07) is 2.80. The highest BCUT2D eigenvalue weighted by Crippen LogP contribution is 2.78. The van der Waals surface area contributed by atoms with Crippen molar-refractivity contribution in [2.75, 3.05) is 13.7 Å². The van der Waals surface area contributed by atoms with Gasteiger partial charge in [0, 0.05) is 16.7 Å². The zero-order valence-corrected chi connectivity index (χ0v) is 17.7. The van der Waals surface area contributed by atoms with E-state index in [1.807, 2.05) is 0 Å². The first-order valence-electron chi connectivity index (χ1n) is 11.0. The molecule has 5 aliphatic carbocycles. The van der Waals surface area contributed by atoms with Crippen LogP contribution in [-0.2, 0) is 0 Å². The van der Waals surface area contributed by atoms with Gasteiger partial charge in [-0.15, -0.1) is 0 Å². The number of fused-ring (bicyclic) bond motifs is 2. The normalized spacial score (nSPS) is 38.5. The summed E-state index contributed by atoms with van der Waals surface area (Å²) >= 11 is 1.38. The van der Waals surface area contributed by atoms with E-state index in [0.29, 0.717) is 28.8 Å². The molecule has 156 valence electrons. The lowest BCUT2D eigenvalue weighted by molar-refractivity contribution is -0.00543. The molecule has 5 saturated carbocycles. The molecule has 0 saturated heterocycles. The highest BCUT2D eigenvalue weighted by atomic mass is 32.2. The molecule has 1 N–H and O–H groups in total. The van der Waals surface area contributed by atoms with Gasteiger partial charge in [-0.25, -0.2) is 4.39 Å². The molecule has 6 heteroatoms. The van der Waals surface area contributed by atoms with E-state index in [1.165, 1.54) is 62.6 Å². The quantitative estimate of drug-likeness (QED) is 0.637. The van der Waals surface area contributed by atoms with Crippen molar-refractivity contribution < 1.29 is 18.7 Å². The Morgan fingerprint density at radius 2 is 2.07 bits per heavy atom. The zero-order valence-electron chi connectivity index (χ0n) is 16.8. The van der Waals surface area contributed by atoms with Crippen molar-refractivity contribution in [3.63, 3.8) is 0 Å². The van der Waals surface area contributed by atoms with Crippen LogP contribution in [0.4, 0.5) is 4.39 Å². The molecule has 1 amide bonds. The molecule has 0 heterocycles. The first-order chi connectivity index (χ1) is 14.0. The summed E-state index contributed by atoms with van der Waals surface area (Å²) in [4.78, 5) is 12.3. The van der Waals surface area contributed by atoms with Crippen molar-refractivity contribution in [3.05, 3.63) is 23.5 Å². The van der Waals surface area contributed by atoms with Crippen molar-refractivity contribution in [2.45, 2.75) is 56.6 Å². The van der Waals surface area contributed by atoms with Gasteiger partial charge in [0.15, 0.2) is 11.5 Å². The molecule has 5 atom stereocenters. The molecule has 5 aliphatic rings. The van der Waals surface area contributed by atoms with Gasteiger partial charge in [0.25, 0.3) is 5.91 Å². The van der Waals surface area contributed by atoms with Crippen molar-refractivity contribution in [3.8, 4) is 11.5 Å². The van der Waals surface area contributed by atoms with Crippen LogP contribution in [0.3, 0.4) is 0 Å². The fourth-order valence-electron chi connectivity index (χ4n) is 7.30. The average Bonchev–Trinajstić information content (AvgIpc) is 3.47. The number of hydrogen-bond donors (Lipinski definition) is 1. The lowest BCUT2D eigenvalue weighted by Crippen LogP contribution is -2.42. The van der Waals surface area contributed by atoms with E-state index < -0.39 is 11.7 Å². The third-order valence-electron chi connectivity index (χ3n) is 8.46. The number of carbonyl (C=O) groups excluding carboxylic acids is 1. The van der Waals surface area contributed by atoms with Crippen LogP contribution >= 0.6 is 11.9 Å². The Hall–Kier alpha value is -1.43. The van der Waals surface area contributed by atoms with Gasteiger partial charge in [-0.3, -0.25) is 9.52 Å². The number of amides is 1. The maximum absolute atomic E-state index is 14.7. The Labute approximate surface area is 175 Å². The maximum atomic E-state index is 14.7. The van der Waals surface area contributed by atoms with Crippen molar-refractivity contribution in [2.24, 2.45) is 28.6 Å². The smallest absolute Gasteiger partial charge is 0.264 e. The summed E-state index contributed by atoms with van der Waals surface area (Å²) in [6.45, 7) is 0.632. The van der Waals surface area contributed by atoms with Crippen molar-refractivity contribution in [1.82, 2.24) is 4.72 Å². The second-order valence-electron chi connectivity index (χ2n) is 10.3. The van der Waals surface area contributed by atoms with Crippen LogP contribution in [0.2, 0.25) is 0 Å². The number of ether oxygens (including phenoxy) is 2. The third-order valence-corrected chi connectivity index (χ3v) is 9.57. The summed E-state index contributed by atoms with van der Waals surface area (Å²) < 4.78 is 29.1. The van der Waals surface area contributed by atoms with Gasteiger partial charge < -0.3 is 9.47 Å². The lowest BCUT2D eigenvalue weighted by atomic mass is 9.55. The van der Waals surface area contributed by atoms with Crippen LogP contribution in [0.25, 0.3) is 0 Å². The Bertz CT molecular complexity index is 870. The molecule has 3 bridgehead atoms. The Morgan fingerprint density at radius 3 is 2.86 bits per heavy atom. The topological polar surface area (TPSA) is 47.6 Å². The summed E-state index contributed by atoms with van der Waals surface area (Å²) in [5.74, 6) is 2.58. The Balaban J connectivity index is 1.18. The largest absolute Gasteiger partial charge is 0.493 e. The van der Waals surface area contributed by atoms with E-state index in [9.17, 15) is 9.18 Å². The van der Waals surface area contributed by atoms with Crippen LogP contribution < -0.4 is 14.2 Å². The minimum atomic E-state index is -0.555. The first kappa shape index (κ1) is 18.3. The first-order valence-corrected chi connectivity index (χ1v) is 11.8. The number of nitrogens with one attached hydrogen (secondary N) is 1. The summed E-state index contributed by atoms with van der Waals surface area (Å²) in [5.41, 5.74) is 0.872. The molecule has 1 aromatic rings. The van der Waals surface area contributed by atoms with Crippen LogP contribution in [0.1, 0.15) is 61.7 Å². The predicted octanol–water partition coefficient (Wildman–Crippen LogP) is 4.97. The molecule has 1 spiro atoms. The molecular weight excluding hydrogens is 389 g/mol. The van der Waals surface area contributed by atoms with E-state index >= 15 is 0 Å². The molecule has 0 aliphatic heterocycles. The summed E-state index contributed by atoms with van der Waals surface area (Å²) in [5, 5.41) is 0.470. The Morgan fingerprint density at radius 1 is 1.21 bits per heavy atom. The average molecular weight is 418 g/mol. The van der Waals surface area contributed by atoms with E-state index in [1.54, 1.807) is 7.11 Å². The SMILES string of the molecule is COc1cc(C(=O)NSC2CC2)c(F)cc1OCC12CC3CC4CC(C1)C4(C3)C2. The van der Waals surface area contributed by atoms with Crippen LogP contribution in [0, 0.1) is 34.4 Å². The fourth-order valence-corrected chi connectivity index (χ4v) is 8.05. The highest BCUT2D eigenvalue weighted by molar-refractivity contribution is 7.98. The van der Waals surface area contributed by atoms with Gasteiger partial charge >= 0.3 is 0 Å². The number of rotatable bonds is 7. The summed E-state index contributed by atoms with van der Waals surface area (Å²) in [7, 11) is 1.54. The minimum Gasteiger partial charge on any atom is -0.493 e.